The molecule has 1 aliphatic rings. The van der Waals surface area contributed by atoms with Crippen molar-refractivity contribution in [2.75, 3.05) is 17.2 Å². The first-order chi connectivity index (χ1) is 9.38. The maximum absolute atomic E-state index is 11.3. The molecule has 0 bridgehead atoms. The highest BCUT2D eigenvalue weighted by molar-refractivity contribution is 6.00. The summed E-state index contributed by atoms with van der Waals surface area (Å²) in [6.07, 6.45) is -0.584. The Morgan fingerprint density at radius 2 is 2.30 bits per heavy atom. The Morgan fingerprint density at radius 3 is 2.90 bits per heavy atom. The maximum Gasteiger partial charge on any atom is 0.292 e. The second-order valence-corrected chi connectivity index (χ2v) is 4.79. The number of nitro groups is 1. The number of nitrogens with one attached hydrogen (secondary N) is 2. The standard InChI is InChI=1S/C12H16N4O4/c1-6(17)8(13)5-14-10-4-9-7(3-12(18)15-9)2-11(10)16(19)20/h2,4,6,8,14,17H,3,5,13H2,1H3,(H,15,18). The molecule has 0 saturated carbocycles. The number of rotatable bonds is 5. The van der Waals surface area contributed by atoms with E-state index in [-0.39, 0.29) is 30.2 Å². The number of nitrogens with two attached hydrogens (primary N) is 1. The van der Waals surface area contributed by atoms with Crippen molar-refractivity contribution < 1.29 is 14.8 Å². The highest BCUT2D eigenvalue weighted by atomic mass is 16.6. The van der Waals surface area contributed by atoms with Crippen LogP contribution in [0.15, 0.2) is 12.1 Å². The topological polar surface area (TPSA) is 131 Å². The quantitative estimate of drug-likeness (QED) is 0.450. The number of nitro benzene ring substituents is 1. The van der Waals surface area contributed by atoms with Crippen molar-refractivity contribution in [3.05, 3.63) is 27.8 Å². The Morgan fingerprint density at radius 1 is 1.60 bits per heavy atom. The first kappa shape index (κ1) is 14.2. The van der Waals surface area contributed by atoms with Gasteiger partial charge in [-0.05, 0) is 18.6 Å². The van der Waals surface area contributed by atoms with Gasteiger partial charge >= 0.3 is 0 Å². The normalized spacial score (nSPS) is 16.2. The molecule has 0 spiro atoms. The number of nitrogens with zero attached hydrogens (tertiary/aromatic N) is 1. The van der Waals surface area contributed by atoms with Gasteiger partial charge in [0.25, 0.3) is 5.69 Å². The SMILES string of the molecule is CC(O)C(N)CNc1cc2c(cc1[N+](=O)[O-])CC(=O)N2. The summed E-state index contributed by atoms with van der Waals surface area (Å²) in [5, 5.41) is 25.8. The molecule has 8 heteroatoms. The lowest BCUT2D eigenvalue weighted by atomic mass is 10.1. The van der Waals surface area contributed by atoms with Gasteiger partial charge < -0.3 is 21.5 Å². The molecule has 108 valence electrons. The predicted octanol–water partition coefficient (Wildman–Crippen LogP) is 0.209. The van der Waals surface area contributed by atoms with Gasteiger partial charge in [-0.3, -0.25) is 14.9 Å². The molecule has 1 heterocycles. The molecule has 1 amide bonds. The molecule has 0 fully saturated rings. The van der Waals surface area contributed by atoms with Crippen LogP contribution in [0.1, 0.15) is 12.5 Å². The molecule has 20 heavy (non-hydrogen) atoms. The summed E-state index contributed by atoms with van der Waals surface area (Å²) in [5.41, 5.74) is 7.00. The third kappa shape index (κ3) is 2.86. The van der Waals surface area contributed by atoms with Crippen LogP contribution in [0.5, 0.6) is 0 Å². The molecule has 5 N–H and O–H groups in total. The minimum atomic E-state index is -0.726. The average Bonchev–Trinajstić information content (AvgIpc) is 2.73. The largest absolute Gasteiger partial charge is 0.392 e. The van der Waals surface area contributed by atoms with Crippen LogP contribution < -0.4 is 16.4 Å². The number of hydrogen-bond acceptors (Lipinski definition) is 6. The summed E-state index contributed by atoms with van der Waals surface area (Å²) in [4.78, 5) is 21.8. The highest BCUT2D eigenvalue weighted by Crippen LogP contribution is 2.34. The minimum absolute atomic E-state index is 0.113. The fraction of sp³-hybridized carbons (Fsp3) is 0.417. The lowest BCUT2D eigenvalue weighted by molar-refractivity contribution is -0.384. The Labute approximate surface area is 115 Å². The summed E-state index contributed by atoms with van der Waals surface area (Å²) < 4.78 is 0. The van der Waals surface area contributed by atoms with Crippen molar-refractivity contribution in [2.45, 2.75) is 25.5 Å². The van der Waals surface area contributed by atoms with E-state index in [2.05, 4.69) is 10.6 Å². The van der Waals surface area contributed by atoms with Crippen LogP contribution in [0.3, 0.4) is 0 Å². The van der Waals surface area contributed by atoms with E-state index in [4.69, 9.17) is 5.73 Å². The molecule has 2 rings (SSSR count). The second-order valence-electron chi connectivity index (χ2n) is 4.79. The fourth-order valence-corrected chi connectivity index (χ4v) is 1.95. The molecule has 2 atom stereocenters. The van der Waals surface area contributed by atoms with Crippen LogP contribution in [0.2, 0.25) is 0 Å². The van der Waals surface area contributed by atoms with E-state index in [1.807, 2.05) is 0 Å². The molecule has 0 saturated heterocycles. The molecule has 1 aliphatic heterocycles. The summed E-state index contributed by atoms with van der Waals surface area (Å²) in [6.45, 7) is 1.73. The van der Waals surface area contributed by atoms with Crippen LogP contribution in [0.25, 0.3) is 0 Å². The van der Waals surface area contributed by atoms with E-state index in [1.165, 1.54) is 12.1 Å². The number of aliphatic hydroxyl groups excluding tert-OH is 1. The number of hydrogen-bond donors (Lipinski definition) is 4. The van der Waals surface area contributed by atoms with Gasteiger partial charge in [0.2, 0.25) is 5.91 Å². The Hall–Kier alpha value is -2.19. The number of fused-ring (bicyclic) bond motifs is 1. The van der Waals surface area contributed by atoms with Crippen LogP contribution in [-0.2, 0) is 11.2 Å². The minimum Gasteiger partial charge on any atom is -0.392 e. The van der Waals surface area contributed by atoms with Crippen molar-refractivity contribution in [1.82, 2.24) is 0 Å². The summed E-state index contributed by atoms with van der Waals surface area (Å²) in [6, 6.07) is 2.36. The third-order valence-corrected chi connectivity index (χ3v) is 3.19. The zero-order valence-corrected chi connectivity index (χ0v) is 10.9. The van der Waals surface area contributed by atoms with E-state index in [0.717, 1.165) is 0 Å². The molecular weight excluding hydrogens is 264 g/mol. The fourth-order valence-electron chi connectivity index (χ4n) is 1.95. The van der Waals surface area contributed by atoms with Crippen molar-refractivity contribution in [2.24, 2.45) is 5.73 Å². The summed E-state index contributed by atoms with van der Waals surface area (Å²) >= 11 is 0. The molecule has 0 aliphatic carbocycles. The van der Waals surface area contributed by atoms with E-state index >= 15 is 0 Å². The van der Waals surface area contributed by atoms with Gasteiger partial charge in [-0.25, -0.2) is 0 Å². The van der Waals surface area contributed by atoms with E-state index in [0.29, 0.717) is 11.3 Å². The van der Waals surface area contributed by atoms with Crippen molar-refractivity contribution in [3.63, 3.8) is 0 Å². The summed E-state index contributed by atoms with van der Waals surface area (Å²) in [5.74, 6) is -0.188. The van der Waals surface area contributed by atoms with Crippen LogP contribution in [0, 0.1) is 10.1 Å². The highest BCUT2D eigenvalue weighted by Gasteiger charge is 2.24. The number of carbonyl (C=O) groups is 1. The number of benzene rings is 1. The summed E-state index contributed by atoms with van der Waals surface area (Å²) in [7, 11) is 0. The molecule has 2 unspecified atom stereocenters. The van der Waals surface area contributed by atoms with Gasteiger partial charge in [0.1, 0.15) is 5.69 Å². The lowest BCUT2D eigenvalue weighted by Gasteiger charge is -2.16. The third-order valence-electron chi connectivity index (χ3n) is 3.19. The van der Waals surface area contributed by atoms with Gasteiger partial charge in [-0.15, -0.1) is 0 Å². The van der Waals surface area contributed by atoms with Crippen LogP contribution in [-0.4, -0.2) is 34.6 Å². The number of carbonyl (C=O) groups excluding carboxylic acids is 1. The van der Waals surface area contributed by atoms with Gasteiger partial charge in [0.15, 0.2) is 0 Å². The Balaban J connectivity index is 2.25. The molecule has 1 aromatic carbocycles. The van der Waals surface area contributed by atoms with Crippen molar-refractivity contribution in [1.29, 1.82) is 0 Å². The molecule has 1 aromatic rings. The van der Waals surface area contributed by atoms with Crippen molar-refractivity contribution in [3.8, 4) is 0 Å². The Kier molecular flexibility index (Phi) is 3.86. The first-order valence-corrected chi connectivity index (χ1v) is 6.17. The monoisotopic (exact) mass is 280 g/mol. The smallest absolute Gasteiger partial charge is 0.292 e. The molecular formula is C12H16N4O4. The molecule has 8 nitrogen and oxygen atoms in total. The van der Waals surface area contributed by atoms with Gasteiger partial charge in [-0.2, -0.15) is 0 Å². The van der Waals surface area contributed by atoms with Gasteiger partial charge in [0.05, 0.1) is 17.4 Å². The first-order valence-electron chi connectivity index (χ1n) is 6.17. The van der Waals surface area contributed by atoms with Crippen molar-refractivity contribution >= 4 is 23.0 Å². The van der Waals surface area contributed by atoms with Crippen LogP contribution >= 0.6 is 0 Å². The lowest BCUT2D eigenvalue weighted by Crippen LogP contribution is -2.38. The predicted molar refractivity (Wildman–Crippen MR) is 73.6 cm³/mol. The van der Waals surface area contributed by atoms with E-state index in [1.54, 1.807) is 6.92 Å². The molecule has 0 radical (unpaired) electrons. The second kappa shape index (κ2) is 5.43. The maximum atomic E-state index is 11.3. The van der Waals surface area contributed by atoms with E-state index in [9.17, 15) is 20.0 Å². The zero-order valence-electron chi connectivity index (χ0n) is 10.9. The zero-order chi connectivity index (χ0) is 14.9. The molecule has 0 aromatic heterocycles. The number of anilines is 2. The van der Waals surface area contributed by atoms with Crippen LogP contribution in [0.4, 0.5) is 17.1 Å². The average molecular weight is 280 g/mol. The van der Waals surface area contributed by atoms with E-state index < -0.39 is 17.1 Å². The Bertz CT molecular complexity index is 559. The van der Waals surface area contributed by atoms with Gasteiger partial charge in [-0.1, -0.05) is 0 Å². The van der Waals surface area contributed by atoms with Gasteiger partial charge in [0, 0.05) is 24.3 Å². The number of aliphatic hydroxyl groups is 1. The number of amides is 1.